The maximum atomic E-state index is 4.47. The van der Waals surface area contributed by atoms with Crippen LogP contribution in [0.25, 0.3) is 10.6 Å². The third-order valence-corrected chi connectivity index (χ3v) is 4.28. The molecule has 1 saturated carbocycles. The highest BCUT2D eigenvalue weighted by molar-refractivity contribution is 9.11. The van der Waals surface area contributed by atoms with Crippen molar-refractivity contribution < 1.29 is 0 Å². The Morgan fingerprint density at radius 2 is 2.31 bits per heavy atom. The summed E-state index contributed by atoms with van der Waals surface area (Å²) in [4.78, 5) is 1.24. The fourth-order valence-corrected chi connectivity index (χ4v) is 3.09. The highest BCUT2D eigenvalue weighted by Crippen LogP contribution is 2.33. The molecule has 0 saturated heterocycles. The molecule has 0 aromatic carbocycles. The smallest absolute Gasteiger partial charge is 0.148 e. The van der Waals surface area contributed by atoms with Gasteiger partial charge in [0.25, 0.3) is 0 Å². The van der Waals surface area contributed by atoms with Crippen molar-refractivity contribution in [3.63, 3.8) is 0 Å². The van der Waals surface area contributed by atoms with Crippen molar-refractivity contribution in [1.29, 1.82) is 0 Å². The van der Waals surface area contributed by atoms with Gasteiger partial charge in [0.1, 0.15) is 5.82 Å². The van der Waals surface area contributed by atoms with Gasteiger partial charge in [0.2, 0.25) is 0 Å². The molecule has 2 aromatic heterocycles. The summed E-state index contributed by atoms with van der Waals surface area (Å²) in [6.45, 7) is 0. The number of hydrogen-bond acceptors (Lipinski definition) is 3. The third-order valence-electron chi connectivity index (χ3n) is 2.63. The van der Waals surface area contributed by atoms with E-state index in [-0.39, 0.29) is 0 Å². The maximum Gasteiger partial charge on any atom is 0.148 e. The number of rotatable bonds is 3. The Labute approximate surface area is 107 Å². The summed E-state index contributed by atoms with van der Waals surface area (Å²) in [5.74, 6) is 0.990. The molecule has 2 aromatic rings. The van der Waals surface area contributed by atoms with Crippen molar-refractivity contribution in [1.82, 2.24) is 9.78 Å². The number of hydrogen-bond donors (Lipinski definition) is 1. The number of aromatic nitrogens is 2. The van der Waals surface area contributed by atoms with E-state index < -0.39 is 0 Å². The summed E-state index contributed by atoms with van der Waals surface area (Å²) in [6, 6.07) is 6.96. The minimum absolute atomic E-state index is 0.651. The predicted molar refractivity (Wildman–Crippen MR) is 70.9 cm³/mol. The third kappa shape index (κ3) is 2.01. The zero-order valence-corrected chi connectivity index (χ0v) is 11.3. The first-order valence-corrected chi connectivity index (χ1v) is 6.89. The summed E-state index contributed by atoms with van der Waals surface area (Å²) in [5.41, 5.74) is 1.17. The van der Waals surface area contributed by atoms with E-state index in [9.17, 15) is 0 Å². The zero-order valence-electron chi connectivity index (χ0n) is 8.90. The molecule has 1 aliphatic carbocycles. The highest BCUT2D eigenvalue weighted by Gasteiger charge is 2.22. The fraction of sp³-hybridized carbons (Fsp3) is 0.364. The molecule has 1 aliphatic rings. The standard InChI is InChI=1S/C11H12BrN3S/c1-15-8(9-4-5-10(12)16-9)6-11(14-15)13-7-2-3-7/h4-7H,2-3H2,1H3,(H,13,14). The van der Waals surface area contributed by atoms with E-state index in [0.717, 1.165) is 9.60 Å². The Balaban J connectivity index is 1.91. The second-order valence-electron chi connectivity index (χ2n) is 4.06. The summed E-state index contributed by atoms with van der Waals surface area (Å²) in [5, 5.41) is 7.89. The molecule has 3 nitrogen and oxygen atoms in total. The zero-order chi connectivity index (χ0) is 11.1. The molecule has 84 valence electrons. The van der Waals surface area contributed by atoms with E-state index >= 15 is 0 Å². The molecule has 1 N–H and O–H groups in total. The first-order chi connectivity index (χ1) is 7.72. The van der Waals surface area contributed by atoms with Gasteiger partial charge in [-0.15, -0.1) is 11.3 Å². The SMILES string of the molecule is Cn1nc(NC2CC2)cc1-c1ccc(Br)s1. The van der Waals surface area contributed by atoms with Gasteiger partial charge in [-0.2, -0.15) is 5.10 Å². The molecule has 2 heterocycles. The highest BCUT2D eigenvalue weighted by atomic mass is 79.9. The second-order valence-corrected chi connectivity index (χ2v) is 6.52. The average molecular weight is 298 g/mol. The van der Waals surface area contributed by atoms with E-state index in [1.165, 1.54) is 23.4 Å². The Morgan fingerprint density at radius 3 is 2.94 bits per heavy atom. The van der Waals surface area contributed by atoms with Crippen LogP contribution < -0.4 is 5.32 Å². The summed E-state index contributed by atoms with van der Waals surface area (Å²) < 4.78 is 3.09. The predicted octanol–water partition coefficient (Wildman–Crippen LogP) is 3.49. The second kappa shape index (κ2) is 3.89. The Morgan fingerprint density at radius 1 is 1.50 bits per heavy atom. The van der Waals surface area contributed by atoms with Crippen LogP contribution in [0.15, 0.2) is 22.0 Å². The van der Waals surface area contributed by atoms with Crippen molar-refractivity contribution >= 4 is 33.1 Å². The maximum absolute atomic E-state index is 4.47. The van der Waals surface area contributed by atoms with Crippen LogP contribution in [0, 0.1) is 0 Å². The lowest BCUT2D eigenvalue weighted by atomic mass is 10.3. The van der Waals surface area contributed by atoms with Gasteiger partial charge in [-0.3, -0.25) is 4.68 Å². The van der Waals surface area contributed by atoms with Crippen LogP contribution in [-0.4, -0.2) is 15.8 Å². The molecule has 0 amide bonds. The Bertz CT molecular complexity index is 513. The van der Waals surface area contributed by atoms with Crippen molar-refractivity contribution in [2.75, 3.05) is 5.32 Å². The van der Waals surface area contributed by atoms with E-state index in [1.807, 2.05) is 11.7 Å². The molecular weight excluding hydrogens is 286 g/mol. The van der Waals surface area contributed by atoms with E-state index in [4.69, 9.17) is 0 Å². The normalized spacial score (nSPS) is 15.4. The molecular formula is C11H12BrN3S. The molecule has 0 unspecified atom stereocenters. The van der Waals surface area contributed by atoms with Crippen molar-refractivity contribution in [3.8, 4) is 10.6 Å². The van der Waals surface area contributed by atoms with Gasteiger partial charge in [-0.1, -0.05) is 0 Å². The molecule has 0 atom stereocenters. The molecule has 0 spiro atoms. The van der Waals surface area contributed by atoms with Crippen LogP contribution in [0.4, 0.5) is 5.82 Å². The number of nitrogens with zero attached hydrogens (tertiary/aromatic N) is 2. The van der Waals surface area contributed by atoms with Crippen molar-refractivity contribution in [3.05, 3.63) is 22.0 Å². The average Bonchev–Trinajstić information content (AvgIpc) is 2.82. The largest absolute Gasteiger partial charge is 0.366 e. The van der Waals surface area contributed by atoms with E-state index in [0.29, 0.717) is 6.04 Å². The Kier molecular flexibility index (Phi) is 2.52. The first kappa shape index (κ1) is 10.4. The van der Waals surface area contributed by atoms with Crippen LogP contribution in [0.1, 0.15) is 12.8 Å². The van der Waals surface area contributed by atoms with Crippen molar-refractivity contribution in [2.45, 2.75) is 18.9 Å². The minimum atomic E-state index is 0.651. The van der Waals surface area contributed by atoms with Gasteiger partial charge in [0.05, 0.1) is 14.4 Å². The molecule has 0 aliphatic heterocycles. The number of halogens is 1. The first-order valence-electron chi connectivity index (χ1n) is 5.28. The van der Waals surface area contributed by atoms with Crippen LogP contribution in [-0.2, 0) is 7.05 Å². The summed E-state index contributed by atoms with van der Waals surface area (Å²) in [6.07, 6.45) is 2.55. The van der Waals surface area contributed by atoms with Gasteiger partial charge >= 0.3 is 0 Å². The van der Waals surface area contributed by atoms with Gasteiger partial charge in [0, 0.05) is 19.2 Å². The summed E-state index contributed by atoms with van der Waals surface area (Å²) in [7, 11) is 1.99. The number of thiophene rings is 1. The van der Waals surface area contributed by atoms with Gasteiger partial charge in [0.15, 0.2) is 0 Å². The van der Waals surface area contributed by atoms with E-state index in [1.54, 1.807) is 11.3 Å². The number of anilines is 1. The molecule has 3 rings (SSSR count). The molecule has 0 radical (unpaired) electrons. The van der Waals surface area contributed by atoms with Crippen molar-refractivity contribution in [2.24, 2.45) is 7.05 Å². The molecule has 0 bridgehead atoms. The van der Waals surface area contributed by atoms with Crippen LogP contribution >= 0.6 is 27.3 Å². The van der Waals surface area contributed by atoms with Crippen LogP contribution in [0.5, 0.6) is 0 Å². The Hall–Kier alpha value is -0.810. The van der Waals surface area contributed by atoms with Gasteiger partial charge in [-0.25, -0.2) is 0 Å². The lowest BCUT2D eigenvalue weighted by Gasteiger charge is -1.96. The van der Waals surface area contributed by atoms with Gasteiger partial charge < -0.3 is 5.32 Å². The van der Waals surface area contributed by atoms with Crippen LogP contribution in [0.2, 0.25) is 0 Å². The lowest BCUT2D eigenvalue weighted by Crippen LogP contribution is -2.01. The van der Waals surface area contributed by atoms with E-state index in [2.05, 4.69) is 44.5 Å². The molecule has 16 heavy (non-hydrogen) atoms. The number of nitrogens with one attached hydrogen (secondary N) is 1. The number of aryl methyl sites for hydroxylation is 1. The van der Waals surface area contributed by atoms with Crippen LogP contribution in [0.3, 0.4) is 0 Å². The minimum Gasteiger partial charge on any atom is -0.366 e. The lowest BCUT2D eigenvalue weighted by molar-refractivity contribution is 0.777. The summed E-state index contributed by atoms with van der Waals surface area (Å²) >= 11 is 5.22. The monoisotopic (exact) mass is 297 g/mol. The topological polar surface area (TPSA) is 29.9 Å². The fourth-order valence-electron chi connectivity index (χ4n) is 1.66. The molecule has 1 fully saturated rings. The molecule has 5 heteroatoms. The van der Waals surface area contributed by atoms with Gasteiger partial charge in [-0.05, 0) is 40.9 Å². The quantitative estimate of drug-likeness (QED) is 0.940.